The highest BCUT2D eigenvalue weighted by Gasteiger charge is 2.48. The Morgan fingerprint density at radius 2 is 1.97 bits per heavy atom. The number of nitrogens with zero attached hydrogens (tertiary/aromatic N) is 3. The summed E-state index contributed by atoms with van der Waals surface area (Å²) in [4.78, 5) is 32.7. The molecule has 2 fully saturated rings. The first-order valence-corrected chi connectivity index (χ1v) is 10.6. The van der Waals surface area contributed by atoms with Crippen LogP contribution in [0.15, 0.2) is 23.0 Å². The number of rotatable bonds is 3. The van der Waals surface area contributed by atoms with Gasteiger partial charge in [-0.2, -0.15) is 13.2 Å². The second kappa shape index (κ2) is 8.41. The number of amides is 1. The summed E-state index contributed by atoms with van der Waals surface area (Å²) < 4.78 is 31.7. The quantitative estimate of drug-likeness (QED) is 0.780. The molecule has 2 aromatic heterocycles. The molecule has 4 heterocycles. The molecule has 0 atom stereocenters. The van der Waals surface area contributed by atoms with E-state index in [1.807, 2.05) is 21.6 Å². The summed E-state index contributed by atoms with van der Waals surface area (Å²) in [6, 6.07) is 4.43. The number of carboxylic acid groups (broad SMARTS) is 1. The van der Waals surface area contributed by atoms with Crippen LogP contribution < -0.4 is 0 Å². The Kier molecular flexibility index (Phi) is 6.30. The van der Waals surface area contributed by atoms with Crippen LogP contribution in [0.25, 0.3) is 0 Å². The van der Waals surface area contributed by atoms with Crippen molar-refractivity contribution < 1.29 is 27.9 Å². The Labute approximate surface area is 173 Å². The van der Waals surface area contributed by atoms with Crippen LogP contribution in [0.3, 0.4) is 0 Å². The zero-order chi connectivity index (χ0) is 21.2. The van der Waals surface area contributed by atoms with Gasteiger partial charge in [-0.3, -0.25) is 9.69 Å². The lowest BCUT2D eigenvalue weighted by molar-refractivity contribution is -0.192. The van der Waals surface area contributed by atoms with E-state index in [0.29, 0.717) is 11.1 Å². The normalized spacial score (nSPS) is 18.3. The van der Waals surface area contributed by atoms with Crippen LogP contribution in [0.1, 0.15) is 26.7 Å². The third-order valence-electron chi connectivity index (χ3n) is 4.91. The van der Waals surface area contributed by atoms with Crippen LogP contribution >= 0.6 is 22.7 Å². The van der Waals surface area contributed by atoms with Gasteiger partial charge >= 0.3 is 12.1 Å². The molecule has 0 aliphatic carbocycles. The van der Waals surface area contributed by atoms with Crippen LogP contribution in [-0.2, 0) is 11.3 Å². The highest BCUT2D eigenvalue weighted by molar-refractivity contribution is 7.11. The molecule has 0 bridgehead atoms. The van der Waals surface area contributed by atoms with Gasteiger partial charge < -0.3 is 10.0 Å². The first-order valence-electron chi connectivity index (χ1n) is 8.83. The number of aliphatic carboxylic acids is 1. The molecule has 11 heteroatoms. The van der Waals surface area contributed by atoms with E-state index in [2.05, 4.69) is 28.9 Å². The highest BCUT2D eigenvalue weighted by atomic mass is 32.1. The Morgan fingerprint density at radius 3 is 2.48 bits per heavy atom. The molecule has 2 saturated heterocycles. The predicted molar refractivity (Wildman–Crippen MR) is 103 cm³/mol. The first kappa shape index (κ1) is 21.7. The molecule has 1 N–H and O–H groups in total. The minimum Gasteiger partial charge on any atom is -0.475 e. The summed E-state index contributed by atoms with van der Waals surface area (Å²) in [6.45, 7) is 7.21. The number of thiazole rings is 1. The predicted octanol–water partition coefficient (Wildman–Crippen LogP) is 3.49. The standard InChI is InChI=1S/C16H19N3OS2.C2HF3O2/c1-12-2-3-13(22-12)6-18-8-16(9-18)4-5-19(10-16)15(20)14-7-21-11-17-14;3-2(4,5)1(6)7/h2-3,7,11H,4-6,8-10H2,1H3;(H,6,7). The minimum atomic E-state index is -5.08. The maximum Gasteiger partial charge on any atom is 0.490 e. The van der Waals surface area contributed by atoms with Crippen molar-refractivity contribution in [1.29, 1.82) is 0 Å². The number of hydrogen-bond acceptors (Lipinski definition) is 6. The van der Waals surface area contributed by atoms with Gasteiger partial charge in [-0.05, 0) is 25.5 Å². The van der Waals surface area contributed by atoms with E-state index in [1.54, 1.807) is 5.51 Å². The van der Waals surface area contributed by atoms with Crippen molar-refractivity contribution in [1.82, 2.24) is 14.8 Å². The average molecular weight is 448 g/mol. The number of hydrogen-bond donors (Lipinski definition) is 1. The van der Waals surface area contributed by atoms with E-state index >= 15 is 0 Å². The molecule has 0 radical (unpaired) electrons. The average Bonchev–Trinajstić information content (AvgIpc) is 3.34. The van der Waals surface area contributed by atoms with Gasteiger partial charge in [0, 0.05) is 53.3 Å². The number of alkyl halides is 3. The number of carbonyl (C=O) groups excluding carboxylic acids is 1. The molecular weight excluding hydrogens is 427 g/mol. The molecule has 2 aliphatic rings. The van der Waals surface area contributed by atoms with Crippen LogP contribution in [0, 0.1) is 12.3 Å². The van der Waals surface area contributed by atoms with Crippen molar-refractivity contribution in [3.63, 3.8) is 0 Å². The largest absolute Gasteiger partial charge is 0.490 e. The topological polar surface area (TPSA) is 73.7 Å². The molecule has 1 amide bonds. The molecule has 6 nitrogen and oxygen atoms in total. The smallest absolute Gasteiger partial charge is 0.475 e. The second-order valence-corrected chi connectivity index (χ2v) is 9.40. The van der Waals surface area contributed by atoms with Gasteiger partial charge in [-0.25, -0.2) is 9.78 Å². The van der Waals surface area contributed by atoms with Crippen molar-refractivity contribution in [2.75, 3.05) is 26.2 Å². The Morgan fingerprint density at radius 1 is 1.28 bits per heavy atom. The van der Waals surface area contributed by atoms with Gasteiger partial charge in [-0.15, -0.1) is 22.7 Å². The first-order chi connectivity index (χ1) is 13.6. The molecule has 2 aliphatic heterocycles. The van der Waals surface area contributed by atoms with E-state index in [9.17, 15) is 18.0 Å². The lowest BCUT2D eigenvalue weighted by Crippen LogP contribution is -2.57. The summed E-state index contributed by atoms with van der Waals surface area (Å²) in [6.07, 6.45) is -3.96. The SMILES string of the molecule is Cc1ccc(CN2CC3(CCN(C(=O)c4cscn4)C3)C2)s1.O=C(O)C(F)(F)F. The van der Waals surface area contributed by atoms with E-state index in [-0.39, 0.29) is 5.91 Å². The zero-order valence-corrected chi connectivity index (χ0v) is 17.2. The van der Waals surface area contributed by atoms with Crippen molar-refractivity contribution in [3.05, 3.63) is 38.5 Å². The van der Waals surface area contributed by atoms with Crippen LogP contribution in [0.5, 0.6) is 0 Å². The summed E-state index contributed by atoms with van der Waals surface area (Å²) in [7, 11) is 0. The molecule has 0 saturated carbocycles. The summed E-state index contributed by atoms with van der Waals surface area (Å²) >= 11 is 3.37. The number of aromatic nitrogens is 1. The number of aryl methyl sites for hydroxylation is 1. The fourth-order valence-electron chi connectivity index (χ4n) is 3.65. The lowest BCUT2D eigenvalue weighted by atomic mass is 9.79. The lowest BCUT2D eigenvalue weighted by Gasteiger charge is -2.48. The number of halogens is 3. The Balaban J connectivity index is 0.000000298. The summed E-state index contributed by atoms with van der Waals surface area (Å²) in [5.74, 6) is -2.65. The maximum atomic E-state index is 12.4. The van der Waals surface area contributed by atoms with Crippen molar-refractivity contribution in [2.45, 2.75) is 26.1 Å². The number of thiophene rings is 1. The van der Waals surface area contributed by atoms with Crippen molar-refractivity contribution in [3.8, 4) is 0 Å². The van der Waals surface area contributed by atoms with Crippen molar-refractivity contribution >= 4 is 34.6 Å². The fourth-order valence-corrected chi connectivity index (χ4v) is 5.11. The van der Waals surface area contributed by atoms with Gasteiger partial charge in [0.05, 0.1) is 5.51 Å². The molecule has 29 heavy (non-hydrogen) atoms. The third-order valence-corrected chi connectivity index (χ3v) is 6.48. The summed E-state index contributed by atoms with van der Waals surface area (Å²) in [5, 5.41) is 8.97. The van der Waals surface area contributed by atoms with Gasteiger partial charge in [0.2, 0.25) is 0 Å². The molecule has 158 valence electrons. The van der Waals surface area contributed by atoms with Crippen LogP contribution in [0.2, 0.25) is 0 Å². The minimum absolute atomic E-state index is 0.102. The van der Waals surface area contributed by atoms with E-state index in [4.69, 9.17) is 9.90 Å². The summed E-state index contributed by atoms with van der Waals surface area (Å²) in [5.41, 5.74) is 2.66. The van der Waals surface area contributed by atoms with Gasteiger partial charge in [0.15, 0.2) is 0 Å². The molecular formula is C18H20F3N3O3S2. The molecule has 0 aromatic carbocycles. The van der Waals surface area contributed by atoms with Crippen LogP contribution in [-0.4, -0.2) is 64.1 Å². The van der Waals surface area contributed by atoms with Crippen LogP contribution in [0.4, 0.5) is 13.2 Å². The molecule has 0 unspecified atom stereocenters. The number of likely N-dealkylation sites (tertiary alicyclic amines) is 2. The van der Waals surface area contributed by atoms with Gasteiger partial charge in [-0.1, -0.05) is 0 Å². The molecule has 2 aromatic rings. The third kappa shape index (κ3) is 5.34. The van der Waals surface area contributed by atoms with Gasteiger partial charge in [0.25, 0.3) is 5.91 Å². The zero-order valence-electron chi connectivity index (χ0n) is 15.6. The maximum absolute atomic E-state index is 12.4. The number of carbonyl (C=O) groups is 2. The monoisotopic (exact) mass is 447 g/mol. The fraction of sp³-hybridized carbons (Fsp3) is 0.500. The van der Waals surface area contributed by atoms with E-state index < -0.39 is 12.1 Å². The molecule has 4 rings (SSSR count). The van der Waals surface area contributed by atoms with Crippen molar-refractivity contribution in [2.24, 2.45) is 5.41 Å². The highest BCUT2D eigenvalue weighted by Crippen LogP contribution is 2.41. The van der Waals surface area contributed by atoms with E-state index in [0.717, 1.165) is 39.1 Å². The number of carboxylic acids is 1. The Hall–Kier alpha value is -1.98. The van der Waals surface area contributed by atoms with E-state index in [1.165, 1.54) is 21.1 Å². The second-order valence-electron chi connectivity index (χ2n) is 7.31. The van der Waals surface area contributed by atoms with Gasteiger partial charge in [0.1, 0.15) is 5.69 Å². The Bertz CT molecular complexity index is 861. The molecule has 1 spiro atoms.